The standard InChI is InChI=1S/C17H30N2/c1-6-8-12-19(13-9-7-2)18(5)17-11-10-15(3)16(4)14-17/h10-11,14H,6-9,12-13H2,1-5H3. The Kier molecular flexibility index (Phi) is 6.93. The van der Waals surface area contributed by atoms with Crippen LogP contribution < -0.4 is 5.01 Å². The van der Waals surface area contributed by atoms with Gasteiger partial charge >= 0.3 is 0 Å². The zero-order chi connectivity index (χ0) is 14.3. The van der Waals surface area contributed by atoms with Gasteiger partial charge in [0.25, 0.3) is 0 Å². The molecule has 0 fully saturated rings. The number of unbranched alkanes of at least 4 members (excludes halogenated alkanes) is 2. The molecule has 0 radical (unpaired) electrons. The number of hydrogen-bond acceptors (Lipinski definition) is 2. The molecule has 0 spiro atoms. The van der Waals surface area contributed by atoms with E-state index in [1.807, 2.05) is 0 Å². The number of aryl methyl sites for hydroxylation is 2. The molecular weight excluding hydrogens is 232 g/mol. The number of hydrogen-bond donors (Lipinski definition) is 0. The van der Waals surface area contributed by atoms with Crippen LogP contribution in [0.25, 0.3) is 0 Å². The van der Waals surface area contributed by atoms with Gasteiger partial charge in [-0.05, 0) is 49.9 Å². The van der Waals surface area contributed by atoms with E-state index in [9.17, 15) is 0 Å². The molecule has 0 aromatic heterocycles. The first-order valence-corrected chi connectivity index (χ1v) is 7.66. The van der Waals surface area contributed by atoms with E-state index in [1.54, 1.807) is 0 Å². The van der Waals surface area contributed by atoms with Crippen LogP contribution in [0.1, 0.15) is 50.7 Å². The fraction of sp³-hybridized carbons (Fsp3) is 0.647. The summed E-state index contributed by atoms with van der Waals surface area (Å²) >= 11 is 0. The summed E-state index contributed by atoms with van der Waals surface area (Å²) in [5.74, 6) is 0. The average Bonchev–Trinajstić information content (AvgIpc) is 2.41. The third-order valence-corrected chi connectivity index (χ3v) is 3.83. The van der Waals surface area contributed by atoms with Crippen LogP contribution in [0.5, 0.6) is 0 Å². The average molecular weight is 262 g/mol. The third kappa shape index (κ3) is 4.87. The summed E-state index contributed by atoms with van der Waals surface area (Å²) in [6, 6.07) is 6.74. The number of hydrazine groups is 1. The van der Waals surface area contributed by atoms with Crippen molar-refractivity contribution in [1.29, 1.82) is 0 Å². The van der Waals surface area contributed by atoms with E-state index >= 15 is 0 Å². The maximum Gasteiger partial charge on any atom is 0.0521 e. The first kappa shape index (κ1) is 16.0. The summed E-state index contributed by atoms with van der Waals surface area (Å²) in [6.07, 6.45) is 5.03. The Balaban J connectivity index is 2.77. The molecule has 1 aromatic rings. The first-order valence-electron chi connectivity index (χ1n) is 7.66. The second-order valence-electron chi connectivity index (χ2n) is 5.45. The largest absolute Gasteiger partial charge is 0.309 e. The molecule has 0 saturated carbocycles. The minimum absolute atomic E-state index is 1.15. The molecule has 19 heavy (non-hydrogen) atoms. The topological polar surface area (TPSA) is 6.48 Å². The predicted molar refractivity (Wildman–Crippen MR) is 85.7 cm³/mol. The highest BCUT2D eigenvalue weighted by molar-refractivity contribution is 5.49. The Morgan fingerprint density at radius 2 is 1.47 bits per heavy atom. The Labute approximate surface area is 119 Å². The van der Waals surface area contributed by atoms with Crippen molar-refractivity contribution in [2.75, 3.05) is 25.1 Å². The Morgan fingerprint density at radius 3 is 1.95 bits per heavy atom. The van der Waals surface area contributed by atoms with E-state index in [0.29, 0.717) is 0 Å². The van der Waals surface area contributed by atoms with Crippen molar-refractivity contribution in [3.05, 3.63) is 29.3 Å². The van der Waals surface area contributed by atoms with Crippen molar-refractivity contribution < 1.29 is 0 Å². The summed E-state index contributed by atoms with van der Waals surface area (Å²) in [4.78, 5) is 0. The van der Waals surface area contributed by atoms with Gasteiger partial charge in [0.05, 0.1) is 5.69 Å². The summed E-state index contributed by atoms with van der Waals surface area (Å²) in [6.45, 7) is 11.2. The molecule has 1 aromatic carbocycles. The molecule has 0 aliphatic rings. The SMILES string of the molecule is CCCCN(CCCC)N(C)c1ccc(C)c(C)c1. The van der Waals surface area contributed by atoms with Gasteiger partial charge in [-0.25, -0.2) is 5.01 Å². The molecule has 0 bridgehead atoms. The van der Waals surface area contributed by atoms with Crippen molar-refractivity contribution in [2.24, 2.45) is 0 Å². The molecule has 108 valence electrons. The van der Waals surface area contributed by atoms with Crippen molar-refractivity contribution in [2.45, 2.75) is 53.4 Å². The Hall–Kier alpha value is -1.02. The highest BCUT2D eigenvalue weighted by atomic mass is 15.6. The van der Waals surface area contributed by atoms with Crippen LogP contribution in [-0.2, 0) is 0 Å². The monoisotopic (exact) mass is 262 g/mol. The molecule has 0 aliphatic carbocycles. The smallest absolute Gasteiger partial charge is 0.0521 e. The minimum Gasteiger partial charge on any atom is -0.309 e. The third-order valence-electron chi connectivity index (χ3n) is 3.83. The second kappa shape index (κ2) is 8.21. The number of anilines is 1. The van der Waals surface area contributed by atoms with Gasteiger partial charge in [-0.1, -0.05) is 32.8 Å². The molecule has 0 unspecified atom stereocenters. The second-order valence-corrected chi connectivity index (χ2v) is 5.45. The zero-order valence-electron chi connectivity index (χ0n) is 13.4. The maximum atomic E-state index is 2.48. The molecule has 1 rings (SSSR count). The van der Waals surface area contributed by atoms with E-state index in [-0.39, 0.29) is 0 Å². The van der Waals surface area contributed by atoms with E-state index in [1.165, 1.54) is 42.5 Å². The molecule has 2 nitrogen and oxygen atoms in total. The molecular formula is C17H30N2. The summed E-state index contributed by atoms with van der Waals surface area (Å²) in [5.41, 5.74) is 4.04. The first-order chi connectivity index (χ1) is 9.10. The van der Waals surface area contributed by atoms with Crippen LogP contribution >= 0.6 is 0 Å². The molecule has 0 amide bonds. The lowest BCUT2D eigenvalue weighted by atomic mass is 10.1. The molecule has 0 aliphatic heterocycles. The highest BCUT2D eigenvalue weighted by Gasteiger charge is 2.11. The zero-order valence-corrected chi connectivity index (χ0v) is 13.4. The van der Waals surface area contributed by atoms with Crippen LogP contribution in [0, 0.1) is 13.8 Å². The van der Waals surface area contributed by atoms with Crippen molar-refractivity contribution >= 4 is 5.69 Å². The molecule has 0 heterocycles. The minimum atomic E-state index is 1.15. The van der Waals surface area contributed by atoms with Crippen molar-refractivity contribution in [3.63, 3.8) is 0 Å². The maximum absolute atomic E-state index is 2.48. The molecule has 0 saturated heterocycles. The van der Waals surface area contributed by atoms with Crippen LogP contribution in [0.4, 0.5) is 5.69 Å². The molecule has 2 heteroatoms. The summed E-state index contributed by atoms with van der Waals surface area (Å²) in [5, 5.41) is 4.81. The Bertz CT molecular complexity index is 366. The van der Waals surface area contributed by atoms with E-state index in [0.717, 1.165) is 13.1 Å². The van der Waals surface area contributed by atoms with Crippen LogP contribution in [0.3, 0.4) is 0 Å². The van der Waals surface area contributed by atoms with Crippen LogP contribution in [0.15, 0.2) is 18.2 Å². The van der Waals surface area contributed by atoms with Gasteiger partial charge in [0.1, 0.15) is 0 Å². The van der Waals surface area contributed by atoms with Gasteiger partial charge in [-0.3, -0.25) is 0 Å². The predicted octanol–water partition coefficient (Wildman–Crippen LogP) is 4.56. The molecule has 0 N–H and O–H groups in total. The quantitative estimate of drug-likeness (QED) is 0.634. The van der Waals surface area contributed by atoms with Gasteiger partial charge in [0, 0.05) is 20.1 Å². The lowest BCUT2D eigenvalue weighted by Crippen LogP contribution is -2.41. The van der Waals surface area contributed by atoms with Gasteiger partial charge in [0.2, 0.25) is 0 Å². The van der Waals surface area contributed by atoms with Gasteiger partial charge < -0.3 is 5.01 Å². The summed E-state index contributed by atoms with van der Waals surface area (Å²) in [7, 11) is 2.19. The summed E-state index contributed by atoms with van der Waals surface area (Å²) < 4.78 is 0. The van der Waals surface area contributed by atoms with Crippen LogP contribution in [0.2, 0.25) is 0 Å². The van der Waals surface area contributed by atoms with E-state index < -0.39 is 0 Å². The lowest BCUT2D eigenvalue weighted by molar-refractivity contribution is 0.256. The van der Waals surface area contributed by atoms with E-state index in [4.69, 9.17) is 0 Å². The van der Waals surface area contributed by atoms with Gasteiger partial charge in [-0.2, -0.15) is 0 Å². The van der Waals surface area contributed by atoms with Crippen molar-refractivity contribution in [1.82, 2.24) is 5.01 Å². The van der Waals surface area contributed by atoms with Gasteiger partial charge in [0.15, 0.2) is 0 Å². The normalized spacial score (nSPS) is 11.1. The van der Waals surface area contributed by atoms with E-state index in [2.05, 4.69) is 63.0 Å². The number of rotatable bonds is 8. The van der Waals surface area contributed by atoms with Crippen molar-refractivity contribution in [3.8, 4) is 0 Å². The fourth-order valence-electron chi connectivity index (χ4n) is 2.18. The Morgan fingerprint density at radius 1 is 0.895 bits per heavy atom. The number of nitrogens with zero attached hydrogens (tertiary/aromatic N) is 2. The number of benzene rings is 1. The van der Waals surface area contributed by atoms with Gasteiger partial charge in [-0.15, -0.1) is 0 Å². The highest BCUT2D eigenvalue weighted by Crippen LogP contribution is 2.19. The van der Waals surface area contributed by atoms with Crippen LogP contribution in [-0.4, -0.2) is 25.1 Å². The lowest BCUT2D eigenvalue weighted by Gasteiger charge is -2.34. The fourth-order valence-corrected chi connectivity index (χ4v) is 2.18. The molecule has 0 atom stereocenters.